The Balaban J connectivity index is 2.28. The molecule has 0 fully saturated rings. The van der Waals surface area contributed by atoms with Crippen molar-refractivity contribution in [2.45, 2.75) is 11.6 Å². The van der Waals surface area contributed by atoms with Crippen molar-refractivity contribution in [3.8, 4) is 0 Å². The summed E-state index contributed by atoms with van der Waals surface area (Å²) in [5, 5.41) is -0.155. The van der Waals surface area contributed by atoms with Crippen LogP contribution in [0.15, 0.2) is 47.6 Å². The summed E-state index contributed by atoms with van der Waals surface area (Å²) in [7, 11) is -2.38. The molecule has 0 saturated carbocycles. The zero-order valence-corrected chi connectivity index (χ0v) is 12.1. The fourth-order valence-corrected chi connectivity index (χ4v) is 3.00. The maximum atomic E-state index is 12.9. The van der Waals surface area contributed by atoms with E-state index in [0.717, 1.165) is 4.31 Å². The Kier molecular flexibility index (Phi) is 4.51. The molecule has 2 aromatic rings. The van der Waals surface area contributed by atoms with Crippen LogP contribution in [-0.4, -0.2) is 24.8 Å². The number of halogens is 1. The summed E-state index contributed by atoms with van der Waals surface area (Å²) in [6.07, 6.45) is 1.37. The summed E-state index contributed by atoms with van der Waals surface area (Å²) in [4.78, 5) is 3.87. The van der Waals surface area contributed by atoms with Gasteiger partial charge in [0.15, 0.2) is 5.03 Å². The van der Waals surface area contributed by atoms with E-state index in [-0.39, 0.29) is 23.1 Å². The van der Waals surface area contributed by atoms with Gasteiger partial charge in [0.2, 0.25) is 0 Å². The van der Waals surface area contributed by atoms with Crippen LogP contribution in [0.5, 0.6) is 0 Å². The Morgan fingerprint density at radius 2 is 1.95 bits per heavy atom. The lowest BCUT2D eigenvalue weighted by molar-refractivity contribution is 0.464. The minimum absolute atomic E-state index is 0.100. The third-order valence-corrected chi connectivity index (χ3v) is 4.66. The molecule has 0 radical (unpaired) electrons. The first-order valence-corrected chi connectivity index (χ1v) is 7.51. The van der Waals surface area contributed by atoms with E-state index in [4.69, 9.17) is 5.84 Å². The number of nitrogens with zero attached hydrogens (tertiary/aromatic N) is 2. The Morgan fingerprint density at radius 3 is 2.57 bits per heavy atom. The zero-order chi connectivity index (χ0) is 15.5. The van der Waals surface area contributed by atoms with Gasteiger partial charge in [-0.1, -0.05) is 12.1 Å². The molecule has 3 N–H and O–H groups in total. The van der Waals surface area contributed by atoms with Crippen molar-refractivity contribution in [1.29, 1.82) is 0 Å². The van der Waals surface area contributed by atoms with Crippen molar-refractivity contribution >= 4 is 15.7 Å². The Morgan fingerprint density at radius 1 is 1.29 bits per heavy atom. The number of rotatable bonds is 5. The van der Waals surface area contributed by atoms with Gasteiger partial charge in [-0.25, -0.2) is 17.8 Å². The molecule has 0 amide bonds. The lowest BCUT2D eigenvalue weighted by atomic mass is 10.2. The molecule has 8 heteroatoms. The standard InChI is InChI=1S/C13H15FN4O2S/c1-18(9-10-4-6-11(14)7-5-10)21(19,20)13-12(17-15)3-2-8-16-13/h2-8,17H,9,15H2,1H3. The van der Waals surface area contributed by atoms with Gasteiger partial charge in [-0.3, -0.25) is 5.84 Å². The molecular weight excluding hydrogens is 295 g/mol. The number of sulfonamides is 1. The zero-order valence-electron chi connectivity index (χ0n) is 11.3. The van der Waals surface area contributed by atoms with Crippen LogP contribution in [0.25, 0.3) is 0 Å². The first-order valence-electron chi connectivity index (χ1n) is 6.07. The van der Waals surface area contributed by atoms with Crippen molar-refractivity contribution in [1.82, 2.24) is 9.29 Å². The lowest BCUT2D eigenvalue weighted by Gasteiger charge is -2.18. The summed E-state index contributed by atoms with van der Waals surface area (Å²) in [6.45, 7) is 0.100. The fraction of sp³-hybridized carbons (Fsp3) is 0.154. The third kappa shape index (κ3) is 3.35. The van der Waals surface area contributed by atoms with Crippen LogP contribution in [0.1, 0.15) is 5.56 Å². The van der Waals surface area contributed by atoms with Crippen LogP contribution in [0.3, 0.4) is 0 Å². The van der Waals surface area contributed by atoms with Crippen LogP contribution in [-0.2, 0) is 16.6 Å². The molecule has 0 aliphatic heterocycles. The monoisotopic (exact) mass is 310 g/mol. The van der Waals surface area contributed by atoms with E-state index in [0.29, 0.717) is 5.56 Å². The number of nitrogens with two attached hydrogens (primary N) is 1. The molecule has 0 spiro atoms. The Bertz CT molecular complexity index is 719. The molecule has 0 bridgehead atoms. The van der Waals surface area contributed by atoms with Crippen LogP contribution in [0.4, 0.5) is 10.1 Å². The third-order valence-electron chi connectivity index (χ3n) is 2.90. The van der Waals surface area contributed by atoms with Gasteiger partial charge in [-0.15, -0.1) is 0 Å². The van der Waals surface area contributed by atoms with Crippen LogP contribution < -0.4 is 11.3 Å². The van der Waals surface area contributed by atoms with Crippen LogP contribution in [0, 0.1) is 5.82 Å². The second-order valence-corrected chi connectivity index (χ2v) is 6.35. The van der Waals surface area contributed by atoms with Gasteiger partial charge < -0.3 is 5.43 Å². The normalized spacial score (nSPS) is 11.6. The maximum Gasteiger partial charge on any atom is 0.262 e. The molecule has 0 saturated heterocycles. The smallest absolute Gasteiger partial charge is 0.262 e. The predicted molar refractivity (Wildman–Crippen MR) is 77.1 cm³/mol. The number of anilines is 1. The number of nitrogens with one attached hydrogen (secondary N) is 1. The van der Waals surface area contributed by atoms with Crippen molar-refractivity contribution in [2.75, 3.05) is 12.5 Å². The van der Waals surface area contributed by atoms with Crippen molar-refractivity contribution in [2.24, 2.45) is 5.84 Å². The van der Waals surface area contributed by atoms with Crippen LogP contribution >= 0.6 is 0 Å². The van der Waals surface area contributed by atoms with E-state index in [1.165, 1.54) is 43.6 Å². The highest BCUT2D eigenvalue weighted by Crippen LogP contribution is 2.21. The number of aromatic nitrogens is 1. The molecule has 0 atom stereocenters. The molecule has 1 heterocycles. The predicted octanol–water partition coefficient (Wildman–Crippen LogP) is 1.33. The first-order chi connectivity index (χ1) is 9.95. The molecular formula is C13H15FN4O2S. The summed E-state index contributed by atoms with van der Waals surface area (Å²) >= 11 is 0. The first kappa shape index (κ1) is 15.4. The Hall–Kier alpha value is -2.03. The van der Waals surface area contributed by atoms with Gasteiger partial charge in [0.25, 0.3) is 10.0 Å². The molecule has 2 rings (SSSR count). The minimum Gasteiger partial charge on any atom is -0.321 e. The molecule has 0 aliphatic rings. The SMILES string of the molecule is CN(Cc1ccc(F)cc1)S(=O)(=O)c1ncccc1NN. The van der Waals surface area contributed by atoms with E-state index in [9.17, 15) is 12.8 Å². The average molecular weight is 310 g/mol. The van der Waals surface area contributed by atoms with Crippen molar-refractivity contribution in [3.63, 3.8) is 0 Å². The van der Waals surface area contributed by atoms with E-state index < -0.39 is 10.0 Å². The van der Waals surface area contributed by atoms with Crippen molar-refractivity contribution in [3.05, 3.63) is 54.0 Å². The van der Waals surface area contributed by atoms with Crippen LogP contribution in [0.2, 0.25) is 0 Å². The quantitative estimate of drug-likeness (QED) is 0.642. The van der Waals surface area contributed by atoms with E-state index in [1.807, 2.05) is 0 Å². The topological polar surface area (TPSA) is 88.3 Å². The number of benzene rings is 1. The van der Waals surface area contributed by atoms with Gasteiger partial charge in [0.05, 0.1) is 5.69 Å². The summed E-state index contributed by atoms with van der Waals surface area (Å²) in [6, 6.07) is 8.72. The van der Waals surface area contributed by atoms with Gasteiger partial charge in [0.1, 0.15) is 5.82 Å². The van der Waals surface area contributed by atoms with E-state index in [2.05, 4.69) is 10.4 Å². The minimum atomic E-state index is -3.80. The van der Waals surface area contributed by atoms with E-state index >= 15 is 0 Å². The number of hydrogen-bond acceptors (Lipinski definition) is 5. The van der Waals surface area contributed by atoms with Crippen molar-refractivity contribution < 1.29 is 12.8 Å². The lowest BCUT2D eigenvalue weighted by Crippen LogP contribution is -2.28. The van der Waals surface area contributed by atoms with Gasteiger partial charge >= 0.3 is 0 Å². The highest BCUT2D eigenvalue weighted by Gasteiger charge is 2.25. The maximum absolute atomic E-state index is 12.9. The number of hydrogen-bond donors (Lipinski definition) is 2. The highest BCUT2D eigenvalue weighted by atomic mass is 32.2. The highest BCUT2D eigenvalue weighted by molar-refractivity contribution is 7.89. The molecule has 1 aromatic heterocycles. The second-order valence-electron chi connectivity index (χ2n) is 4.39. The molecule has 6 nitrogen and oxygen atoms in total. The summed E-state index contributed by atoms with van der Waals surface area (Å²) in [5.41, 5.74) is 3.19. The summed E-state index contributed by atoms with van der Waals surface area (Å²) < 4.78 is 38.9. The largest absolute Gasteiger partial charge is 0.321 e. The molecule has 1 aromatic carbocycles. The molecule has 112 valence electrons. The number of hydrazine groups is 1. The number of pyridine rings is 1. The second kappa shape index (κ2) is 6.17. The average Bonchev–Trinajstić information content (AvgIpc) is 2.49. The molecule has 21 heavy (non-hydrogen) atoms. The summed E-state index contributed by atoms with van der Waals surface area (Å²) in [5.74, 6) is 4.93. The fourth-order valence-electron chi connectivity index (χ4n) is 1.79. The van der Waals surface area contributed by atoms with Gasteiger partial charge in [0, 0.05) is 19.8 Å². The molecule has 0 unspecified atom stereocenters. The molecule has 0 aliphatic carbocycles. The number of nitrogen functional groups attached to an aromatic ring is 1. The van der Waals surface area contributed by atoms with Gasteiger partial charge in [-0.2, -0.15) is 4.31 Å². The Labute approximate surface area is 122 Å². The van der Waals surface area contributed by atoms with E-state index in [1.54, 1.807) is 6.07 Å². The van der Waals surface area contributed by atoms with Gasteiger partial charge in [-0.05, 0) is 29.8 Å².